The molecule has 8 heteroatoms. The SMILES string of the molecule is CCNC(=NCc1ccccc1-n1ccnc1)NCC(C)(C)N1CCOCC1.I. The van der Waals surface area contributed by atoms with Crippen LogP contribution >= 0.6 is 24.0 Å². The fourth-order valence-corrected chi connectivity index (χ4v) is 3.38. The van der Waals surface area contributed by atoms with Crippen molar-refractivity contribution in [3.8, 4) is 5.69 Å². The molecular formula is C21H33IN6O. The largest absolute Gasteiger partial charge is 0.379 e. The molecule has 2 heterocycles. The fourth-order valence-electron chi connectivity index (χ4n) is 3.38. The minimum atomic E-state index is 0. The third-order valence-electron chi connectivity index (χ3n) is 5.08. The van der Waals surface area contributed by atoms with Crippen molar-refractivity contribution in [3.05, 3.63) is 48.5 Å². The molecule has 160 valence electrons. The number of halogens is 1. The number of ether oxygens (including phenoxy) is 1. The molecule has 1 saturated heterocycles. The van der Waals surface area contributed by atoms with Crippen LogP contribution in [0.15, 0.2) is 48.0 Å². The Kier molecular flexibility index (Phi) is 9.38. The molecule has 2 aromatic rings. The van der Waals surface area contributed by atoms with Gasteiger partial charge in [-0.25, -0.2) is 9.98 Å². The van der Waals surface area contributed by atoms with E-state index in [4.69, 9.17) is 9.73 Å². The molecule has 29 heavy (non-hydrogen) atoms. The van der Waals surface area contributed by atoms with Gasteiger partial charge in [-0.15, -0.1) is 24.0 Å². The molecule has 0 spiro atoms. The quantitative estimate of drug-likeness (QED) is 0.340. The summed E-state index contributed by atoms with van der Waals surface area (Å²) in [5, 5.41) is 6.88. The highest BCUT2D eigenvalue weighted by atomic mass is 127. The molecule has 0 saturated carbocycles. The molecule has 2 N–H and O–H groups in total. The molecule has 1 aliphatic heterocycles. The van der Waals surface area contributed by atoms with Gasteiger partial charge >= 0.3 is 0 Å². The first-order valence-electron chi connectivity index (χ1n) is 10.0. The smallest absolute Gasteiger partial charge is 0.191 e. The summed E-state index contributed by atoms with van der Waals surface area (Å²) in [6.07, 6.45) is 5.56. The number of morpholine rings is 1. The highest BCUT2D eigenvalue weighted by Gasteiger charge is 2.28. The van der Waals surface area contributed by atoms with E-state index in [-0.39, 0.29) is 29.5 Å². The predicted octanol–water partition coefficient (Wildman–Crippen LogP) is 2.66. The maximum Gasteiger partial charge on any atom is 0.191 e. The molecule has 1 aromatic heterocycles. The van der Waals surface area contributed by atoms with Crippen LogP contribution in [0.1, 0.15) is 26.3 Å². The van der Waals surface area contributed by atoms with Crippen molar-refractivity contribution in [2.75, 3.05) is 39.4 Å². The Morgan fingerprint density at radius 2 is 1.97 bits per heavy atom. The molecule has 1 aliphatic rings. The van der Waals surface area contributed by atoms with Crippen LogP contribution in [-0.2, 0) is 11.3 Å². The fraction of sp³-hybridized carbons (Fsp3) is 0.524. The summed E-state index contributed by atoms with van der Waals surface area (Å²) in [7, 11) is 0. The molecule has 7 nitrogen and oxygen atoms in total. The van der Waals surface area contributed by atoms with Crippen LogP contribution < -0.4 is 10.6 Å². The Balaban J connectivity index is 0.00000300. The van der Waals surface area contributed by atoms with Gasteiger partial charge in [-0.1, -0.05) is 18.2 Å². The van der Waals surface area contributed by atoms with E-state index in [1.165, 1.54) is 0 Å². The lowest BCUT2D eigenvalue weighted by molar-refractivity contribution is -0.00834. The van der Waals surface area contributed by atoms with E-state index in [0.717, 1.165) is 56.6 Å². The number of aliphatic imine (C=N–C) groups is 1. The first kappa shape index (κ1) is 23.6. The number of para-hydroxylation sites is 1. The second-order valence-electron chi connectivity index (χ2n) is 7.56. The summed E-state index contributed by atoms with van der Waals surface area (Å²) in [6, 6.07) is 8.29. The number of nitrogens with zero attached hydrogens (tertiary/aromatic N) is 4. The first-order valence-corrected chi connectivity index (χ1v) is 10.0. The van der Waals surface area contributed by atoms with Crippen LogP contribution in [-0.4, -0.2) is 65.3 Å². The Hall–Kier alpha value is -1.65. The highest BCUT2D eigenvalue weighted by molar-refractivity contribution is 14.0. The van der Waals surface area contributed by atoms with Crippen LogP contribution in [0.4, 0.5) is 0 Å². The molecule has 0 aliphatic carbocycles. The second kappa shape index (κ2) is 11.5. The van der Waals surface area contributed by atoms with Crippen molar-refractivity contribution in [1.82, 2.24) is 25.1 Å². The summed E-state index contributed by atoms with van der Waals surface area (Å²) in [4.78, 5) is 11.4. The maximum absolute atomic E-state index is 5.48. The molecule has 0 radical (unpaired) electrons. The van der Waals surface area contributed by atoms with Crippen LogP contribution in [0, 0.1) is 0 Å². The van der Waals surface area contributed by atoms with Gasteiger partial charge in [-0.05, 0) is 32.4 Å². The summed E-state index contributed by atoms with van der Waals surface area (Å²) in [5.74, 6) is 0.837. The third kappa shape index (κ3) is 6.68. The van der Waals surface area contributed by atoms with Gasteiger partial charge < -0.3 is 19.9 Å². The Morgan fingerprint density at radius 3 is 2.66 bits per heavy atom. The number of aromatic nitrogens is 2. The molecule has 0 unspecified atom stereocenters. The zero-order valence-electron chi connectivity index (χ0n) is 17.6. The van der Waals surface area contributed by atoms with Gasteiger partial charge in [0.25, 0.3) is 0 Å². The van der Waals surface area contributed by atoms with Crippen molar-refractivity contribution in [1.29, 1.82) is 0 Å². The van der Waals surface area contributed by atoms with Gasteiger partial charge in [-0.3, -0.25) is 4.90 Å². The predicted molar refractivity (Wildman–Crippen MR) is 128 cm³/mol. The molecular weight excluding hydrogens is 479 g/mol. The van der Waals surface area contributed by atoms with Gasteiger partial charge in [0.15, 0.2) is 5.96 Å². The Labute approximate surface area is 191 Å². The van der Waals surface area contributed by atoms with Gasteiger partial charge in [0.1, 0.15) is 0 Å². The molecule has 1 fully saturated rings. The average Bonchev–Trinajstić information content (AvgIpc) is 3.26. The highest BCUT2D eigenvalue weighted by Crippen LogP contribution is 2.16. The standard InChI is InChI=1S/C21H32N6O.HI/c1-4-23-20(25-16-21(2,3)27-11-13-28-14-12-27)24-15-18-7-5-6-8-19(18)26-10-9-22-17-26;/h5-10,17H,4,11-16H2,1-3H3,(H2,23,24,25);1H. The number of nitrogens with one attached hydrogen (secondary N) is 2. The van der Waals surface area contributed by atoms with Crippen LogP contribution in [0.3, 0.4) is 0 Å². The zero-order chi connectivity index (χ0) is 19.8. The minimum absolute atomic E-state index is 0. The minimum Gasteiger partial charge on any atom is -0.379 e. The van der Waals surface area contributed by atoms with E-state index in [1.54, 1.807) is 6.20 Å². The van der Waals surface area contributed by atoms with Crippen LogP contribution in [0.2, 0.25) is 0 Å². The van der Waals surface area contributed by atoms with Gasteiger partial charge in [0.2, 0.25) is 0 Å². The van der Waals surface area contributed by atoms with Crippen molar-refractivity contribution >= 4 is 29.9 Å². The van der Waals surface area contributed by atoms with Crippen LogP contribution in [0.25, 0.3) is 5.69 Å². The monoisotopic (exact) mass is 512 g/mol. The van der Waals surface area contributed by atoms with E-state index in [0.29, 0.717) is 6.54 Å². The third-order valence-corrected chi connectivity index (χ3v) is 5.08. The summed E-state index contributed by atoms with van der Waals surface area (Å²) >= 11 is 0. The van der Waals surface area contributed by atoms with Crippen molar-refractivity contribution in [2.24, 2.45) is 4.99 Å². The van der Waals surface area contributed by atoms with Crippen LogP contribution in [0.5, 0.6) is 0 Å². The van der Waals surface area contributed by atoms with Gasteiger partial charge in [0, 0.05) is 44.1 Å². The molecule has 0 bridgehead atoms. The molecule has 0 atom stereocenters. The maximum atomic E-state index is 5.48. The molecule has 3 rings (SSSR count). The number of hydrogen-bond acceptors (Lipinski definition) is 4. The van der Waals surface area contributed by atoms with E-state index < -0.39 is 0 Å². The summed E-state index contributed by atoms with van der Waals surface area (Å²) in [5.41, 5.74) is 2.30. The summed E-state index contributed by atoms with van der Waals surface area (Å²) in [6.45, 7) is 12.4. The van der Waals surface area contributed by atoms with E-state index in [9.17, 15) is 0 Å². The number of imidazole rings is 1. The topological polar surface area (TPSA) is 66.7 Å². The lowest BCUT2D eigenvalue weighted by Gasteiger charge is -2.41. The number of benzene rings is 1. The first-order chi connectivity index (χ1) is 13.6. The number of guanidine groups is 1. The second-order valence-corrected chi connectivity index (χ2v) is 7.56. The zero-order valence-corrected chi connectivity index (χ0v) is 19.9. The lowest BCUT2D eigenvalue weighted by Crippen LogP contribution is -2.56. The lowest BCUT2D eigenvalue weighted by atomic mass is 10.0. The van der Waals surface area contributed by atoms with Crippen molar-refractivity contribution in [2.45, 2.75) is 32.9 Å². The van der Waals surface area contributed by atoms with Gasteiger partial charge in [0.05, 0.1) is 31.8 Å². The van der Waals surface area contributed by atoms with Crippen molar-refractivity contribution in [3.63, 3.8) is 0 Å². The van der Waals surface area contributed by atoms with E-state index in [1.807, 2.05) is 29.2 Å². The normalized spacial score (nSPS) is 15.6. The Bertz CT molecular complexity index is 756. The average molecular weight is 512 g/mol. The van der Waals surface area contributed by atoms with E-state index in [2.05, 4.69) is 53.4 Å². The van der Waals surface area contributed by atoms with E-state index >= 15 is 0 Å². The molecule has 0 amide bonds. The summed E-state index contributed by atoms with van der Waals surface area (Å²) < 4.78 is 7.50. The van der Waals surface area contributed by atoms with Gasteiger partial charge in [-0.2, -0.15) is 0 Å². The Morgan fingerprint density at radius 1 is 1.21 bits per heavy atom. The number of hydrogen-bond donors (Lipinski definition) is 2. The number of rotatable bonds is 7. The van der Waals surface area contributed by atoms with Crippen molar-refractivity contribution < 1.29 is 4.74 Å². The molecule has 1 aromatic carbocycles.